The summed E-state index contributed by atoms with van der Waals surface area (Å²) >= 11 is 1.69. The number of anilines is 1. The number of rotatable bonds is 4. The lowest BCUT2D eigenvalue weighted by Crippen LogP contribution is -2.51. The van der Waals surface area contributed by atoms with E-state index in [9.17, 15) is 4.39 Å². The minimum atomic E-state index is -0.205. The minimum absolute atomic E-state index is 0.0846. The highest BCUT2D eigenvalue weighted by Crippen LogP contribution is 2.24. The fourth-order valence-electron chi connectivity index (χ4n) is 2.98. The molecule has 3 rings (SSSR count). The summed E-state index contributed by atoms with van der Waals surface area (Å²) in [5.41, 5.74) is 8.45. The van der Waals surface area contributed by atoms with Gasteiger partial charge in [-0.15, -0.1) is 11.3 Å². The summed E-state index contributed by atoms with van der Waals surface area (Å²) in [7, 11) is 0. The van der Waals surface area contributed by atoms with Gasteiger partial charge < -0.3 is 15.5 Å². The third kappa shape index (κ3) is 5.19. The van der Waals surface area contributed by atoms with Crippen LogP contribution in [0, 0.1) is 5.82 Å². The Morgan fingerprint density at radius 1 is 1.19 bits per heavy atom. The van der Waals surface area contributed by atoms with Crippen LogP contribution >= 0.6 is 11.3 Å². The van der Waals surface area contributed by atoms with Gasteiger partial charge in [-0.25, -0.2) is 9.37 Å². The maximum Gasteiger partial charge on any atom is 0.191 e. The molecule has 5 nitrogen and oxygen atoms in total. The summed E-state index contributed by atoms with van der Waals surface area (Å²) in [5, 5.41) is 3.24. The van der Waals surface area contributed by atoms with Gasteiger partial charge in [0.2, 0.25) is 0 Å². The number of thiazole rings is 1. The molecule has 0 spiro atoms. The smallest absolute Gasteiger partial charge is 0.191 e. The van der Waals surface area contributed by atoms with E-state index in [1.807, 2.05) is 12.1 Å². The first-order chi connectivity index (χ1) is 12.8. The second-order valence-corrected chi connectivity index (χ2v) is 8.76. The van der Waals surface area contributed by atoms with E-state index in [1.54, 1.807) is 11.3 Å². The molecule has 1 fully saturated rings. The van der Waals surface area contributed by atoms with Gasteiger partial charge in [0.05, 0.1) is 10.7 Å². The van der Waals surface area contributed by atoms with Crippen LogP contribution in [-0.4, -0.2) is 48.6 Å². The molecule has 1 saturated heterocycles. The van der Waals surface area contributed by atoms with Gasteiger partial charge in [0.25, 0.3) is 0 Å². The molecule has 2 heterocycles. The van der Waals surface area contributed by atoms with Crippen molar-refractivity contribution in [1.82, 2.24) is 9.88 Å². The first kappa shape index (κ1) is 19.6. The highest BCUT2D eigenvalue weighted by Gasteiger charge is 2.19. The molecule has 1 aromatic heterocycles. The zero-order valence-electron chi connectivity index (χ0n) is 16.3. The van der Waals surface area contributed by atoms with E-state index < -0.39 is 0 Å². The van der Waals surface area contributed by atoms with Crippen LogP contribution in [0.3, 0.4) is 0 Å². The van der Waals surface area contributed by atoms with Crippen LogP contribution in [0.25, 0.3) is 0 Å². The number of aliphatic imine (C=N–C) groups is 1. The van der Waals surface area contributed by atoms with Gasteiger partial charge in [0.15, 0.2) is 5.96 Å². The standard InChI is InChI=1S/C20H28FN5S/c1-20(2,3)17-14-27-18(24-17)8-9-23-19(22)26-12-10-25(11-13-26)16-6-4-15(21)5-7-16/h4-7,14H,8-13H2,1-3H3,(H2,22,23). The molecule has 0 aliphatic carbocycles. The molecule has 0 atom stereocenters. The Morgan fingerprint density at radius 2 is 1.85 bits per heavy atom. The van der Waals surface area contributed by atoms with Gasteiger partial charge in [0, 0.05) is 55.6 Å². The molecule has 7 heteroatoms. The Bertz CT molecular complexity index is 770. The zero-order chi connectivity index (χ0) is 19.4. The summed E-state index contributed by atoms with van der Waals surface area (Å²) in [6, 6.07) is 6.65. The van der Waals surface area contributed by atoms with Gasteiger partial charge >= 0.3 is 0 Å². The van der Waals surface area contributed by atoms with Crippen molar-refractivity contribution in [3.63, 3.8) is 0 Å². The molecule has 2 N–H and O–H groups in total. The van der Waals surface area contributed by atoms with Crippen LogP contribution in [0.15, 0.2) is 34.6 Å². The number of hydrogen-bond donors (Lipinski definition) is 1. The van der Waals surface area contributed by atoms with Crippen LogP contribution in [0.2, 0.25) is 0 Å². The fraction of sp³-hybridized carbons (Fsp3) is 0.500. The lowest BCUT2D eigenvalue weighted by Gasteiger charge is -2.36. The fourth-order valence-corrected chi connectivity index (χ4v) is 4.00. The Labute approximate surface area is 164 Å². The molecule has 0 radical (unpaired) electrons. The lowest BCUT2D eigenvalue weighted by atomic mass is 9.93. The second kappa shape index (κ2) is 8.25. The molecule has 0 amide bonds. The second-order valence-electron chi connectivity index (χ2n) is 7.82. The van der Waals surface area contributed by atoms with Crippen LogP contribution in [0.4, 0.5) is 10.1 Å². The largest absolute Gasteiger partial charge is 0.370 e. The normalized spacial score (nSPS) is 16.1. The van der Waals surface area contributed by atoms with Crippen molar-refractivity contribution in [2.75, 3.05) is 37.6 Å². The van der Waals surface area contributed by atoms with E-state index in [0.29, 0.717) is 12.5 Å². The van der Waals surface area contributed by atoms with Crippen molar-refractivity contribution in [3.8, 4) is 0 Å². The number of hydrogen-bond acceptors (Lipinski definition) is 4. The first-order valence-corrected chi connectivity index (χ1v) is 10.2. The van der Waals surface area contributed by atoms with Gasteiger partial charge in [-0.2, -0.15) is 0 Å². The molecular formula is C20H28FN5S. The molecule has 0 unspecified atom stereocenters. The van der Waals surface area contributed by atoms with Crippen molar-refractivity contribution >= 4 is 23.0 Å². The predicted octanol–water partition coefficient (Wildman–Crippen LogP) is 3.26. The molecule has 1 aliphatic rings. The summed E-state index contributed by atoms with van der Waals surface area (Å²) in [5.74, 6) is 0.393. The van der Waals surface area contributed by atoms with Crippen LogP contribution in [-0.2, 0) is 11.8 Å². The van der Waals surface area contributed by atoms with Crippen LogP contribution < -0.4 is 10.6 Å². The van der Waals surface area contributed by atoms with E-state index in [0.717, 1.165) is 49.0 Å². The van der Waals surface area contributed by atoms with Gasteiger partial charge in [0.1, 0.15) is 5.82 Å². The number of nitrogens with zero attached hydrogens (tertiary/aromatic N) is 4. The lowest BCUT2D eigenvalue weighted by molar-refractivity contribution is 0.381. The highest BCUT2D eigenvalue weighted by molar-refractivity contribution is 7.09. The Morgan fingerprint density at radius 3 is 2.44 bits per heavy atom. The van der Waals surface area contributed by atoms with E-state index in [4.69, 9.17) is 10.7 Å². The van der Waals surface area contributed by atoms with Crippen LogP contribution in [0.1, 0.15) is 31.5 Å². The van der Waals surface area contributed by atoms with Crippen molar-refractivity contribution in [2.24, 2.45) is 10.7 Å². The third-order valence-corrected chi connectivity index (χ3v) is 5.62. The molecule has 0 saturated carbocycles. The number of benzene rings is 1. The van der Waals surface area contributed by atoms with Gasteiger partial charge in [-0.3, -0.25) is 4.99 Å². The Kier molecular flexibility index (Phi) is 5.99. The van der Waals surface area contributed by atoms with E-state index >= 15 is 0 Å². The zero-order valence-corrected chi connectivity index (χ0v) is 17.1. The minimum Gasteiger partial charge on any atom is -0.370 e. The molecule has 1 aliphatic heterocycles. The Hall–Kier alpha value is -2.15. The van der Waals surface area contributed by atoms with Crippen molar-refractivity contribution in [1.29, 1.82) is 0 Å². The summed E-state index contributed by atoms with van der Waals surface area (Å²) in [6.45, 7) is 10.5. The van der Waals surface area contributed by atoms with Gasteiger partial charge in [-0.05, 0) is 24.3 Å². The molecule has 27 heavy (non-hydrogen) atoms. The van der Waals surface area contributed by atoms with Gasteiger partial charge in [-0.1, -0.05) is 20.8 Å². The number of aromatic nitrogens is 1. The molecule has 146 valence electrons. The average Bonchev–Trinajstić information content (AvgIpc) is 3.12. The third-order valence-electron chi connectivity index (χ3n) is 4.72. The van der Waals surface area contributed by atoms with Crippen molar-refractivity contribution < 1.29 is 4.39 Å². The SMILES string of the molecule is CC(C)(C)c1csc(CCN=C(N)N2CCN(c3ccc(F)cc3)CC2)n1. The predicted molar refractivity (Wildman–Crippen MR) is 111 cm³/mol. The van der Waals surface area contributed by atoms with Crippen molar-refractivity contribution in [3.05, 3.63) is 46.2 Å². The molecule has 1 aromatic carbocycles. The molecule has 2 aromatic rings. The number of halogens is 1. The summed E-state index contributed by atoms with van der Waals surface area (Å²) < 4.78 is 13.1. The number of guanidine groups is 1. The summed E-state index contributed by atoms with van der Waals surface area (Å²) in [6.07, 6.45) is 0.816. The monoisotopic (exact) mass is 389 g/mol. The highest BCUT2D eigenvalue weighted by atomic mass is 32.1. The number of piperazine rings is 1. The quantitative estimate of drug-likeness (QED) is 0.644. The topological polar surface area (TPSA) is 57.8 Å². The van der Waals surface area contributed by atoms with E-state index in [1.165, 1.54) is 12.1 Å². The number of nitrogens with two attached hydrogens (primary N) is 1. The molecular weight excluding hydrogens is 361 g/mol. The first-order valence-electron chi connectivity index (χ1n) is 9.33. The summed E-state index contributed by atoms with van der Waals surface area (Å²) in [4.78, 5) is 13.6. The molecule has 0 bridgehead atoms. The van der Waals surface area contributed by atoms with Crippen molar-refractivity contribution in [2.45, 2.75) is 32.6 Å². The van der Waals surface area contributed by atoms with E-state index in [-0.39, 0.29) is 11.2 Å². The average molecular weight is 390 g/mol. The van der Waals surface area contributed by atoms with E-state index in [2.05, 4.69) is 40.9 Å². The maximum atomic E-state index is 13.1. The maximum absolute atomic E-state index is 13.1. The van der Waals surface area contributed by atoms with Crippen LogP contribution in [0.5, 0.6) is 0 Å². The Balaban J connectivity index is 1.48.